The Bertz CT molecular complexity index is 960. The second kappa shape index (κ2) is 11.5. The van der Waals surface area contributed by atoms with Gasteiger partial charge < -0.3 is 22.1 Å². The Morgan fingerprint density at radius 2 is 1.50 bits per heavy atom. The minimum absolute atomic E-state index is 0.406. The highest BCUT2D eigenvalue weighted by atomic mass is 16.2. The van der Waals surface area contributed by atoms with Crippen molar-refractivity contribution in [2.45, 2.75) is 64.7 Å². The summed E-state index contributed by atoms with van der Waals surface area (Å²) < 4.78 is 0. The third-order valence-electron chi connectivity index (χ3n) is 4.93. The number of nitrogens with two attached hydrogens (primary N) is 2. The maximum absolute atomic E-state index is 12.4. The standard InChI is InChI=1S/C24H28N4O2.C2H6/c1-24(2,26)21(22(25)29)28-23(30)19-11-9-17(10-12-19)4-3-16-5-7-18(8-6-16)15-27-20-13-14-20;1-2/h5-12,20-21,27H,13-15,26H2,1-2H3,(H2,25,29)(H,28,30);1-2H3. The van der Waals surface area contributed by atoms with Gasteiger partial charge in [0.15, 0.2) is 0 Å². The number of hydrogen-bond donors (Lipinski definition) is 4. The van der Waals surface area contributed by atoms with Crippen molar-refractivity contribution in [1.82, 2.24) is 10.6 Å². The molecule has 3 rings (SSSR count). The molecule has 6 nitrogen and oxygen atoms in total. The first-order valence-corrected chi connectivity index (χ1v) is 11.1. The number of amides is 2. The lowest BCUT2D eigenvalue weighted by molar-refractivity contribution is -0.121. The molecule has 6 heteroatoms. The van der Waals surface area contributed by atoms with Gasteiger partial charge in [-0.25, -0.2) is 0 Å². The van der Waals surface area contributed by atoms with Crippen LogP contribution in [0.5, 0.6) is 0 Å². The summed E-state index contributed by atoms with van der Waals surface area (Å²) in [7, 11) is 0. The van der Waals surface area contributed by atoms with Gasteiger partial charge in [0, 0.05) is 34.8 Å². The normalized spacial score (nSPS) is 13.7. The highest BCUT2D eigenvalue weighted by Crippen LogP contribution is 2.19. The third-order valence-corrected chi connectivity index (χ3v) is 4.93. The summed E-state index contributed by atoms with van der Waals surface area (Å²) in [5.41, 5.74) is 13.7. The summed E-state index contributed by atoms with van der Waals surface area (Å²) in [4.78, 5) is 24.0. The zero-order valence-corrected chi connectivity index (χ0v) is 19.4. The van der Waals surface area contributed by atoms with Crippen LogP contribution in [0.25, 0.3) is 0 Å². The molecule has 32 heavy (non-hydrogen) atoms. The van der Waals surface area contributed by atoms with Gasteiger partial charge in [0.25, 0.3) is 5.91 Å². The summed E-state index contributed by atoms with van der Waals surface area (Å²) >= 11 is 0. The van der Waals surface area contributed by atoms with Gasteiger partial charge in [0.2, 0.25) is 5.91 Å². The molecule has 0 aliphatic heterocycles. The second-order valence-corrected chi connectivity index (χ2v) is 8.31. The Morgan fingerprint density at radius 3 is 1.94 bits per heavy atom. The number of hydrogen-bond acceptors (Lipinski definition) is 4. The predicted molar refractivity (Wildman–Crippen MR) is 129 cm³/mol. The van der Waals surface area contributed by atoms with E-state index in [0.29, 0.717) is 11.6 Å². The Labute approximate surface area is 191 Å². The first-order chi connectivity index (χ1) is 15.2. The number of benzene rings is 2. The van der Waals surface area contributed by atoms with Crippen molar-refractivity contribution in [2.75, 3.05) is 0 Å². The van der Waals surface area contributed by atoms with Crippen molar-refractivity contribution in [3.8, 4) is 11.8 Å². The maximum atomic E-state index is 12.4. The van der Waals surface area contributed by atoms with Crippen LogP contribution < -0.4 is 22.1 Å². The van der Waals surface area contributed by atoms with E-state index in [1.54, 1.807) is 38.1 Å². The van der Waals surface area contributed by atoms with E-state index in [4.69, 9.17) is 11.5 Å². The topological polar surface area (TPSA) is 110 Å². The largest absolute Gasteiger partial charge is 0.368 e. The molecular weight excluding hydrogens is 400 g/mol. The number of nitrogens with one attached hydrogen (secondary N) is 2. The van der Waals surface area contributed by atoms with E-state index >= 15 is 0 Å². The van der Waals surface area contributed by atoms with Crippen LogP contribution in [0, 0.1) is 11.8 Å². The minimum atomic E-state index is -0.966. The summed E-state index contributed by atoms with van der Waals surface area (Å²) in [5.74, 6) is 5.15. The smallest absolute Gasteiger partial charge is 0.251 e. The Kier molecular flexibility index (Phi) is 9.01. The van der Waals surface area contributed by atoms with E-state index < -0.39 is 23.4 Å². The van der Waals surface area contributed by atoms with Crippen molar-refractivity contribution >= 4 is 11.8 Å². The average molecular weight is 435 g/mol. The molecule has 0 aromatic heterocycles. The minimum Gasteiger partial charge on any atom is -0.368 e. The van der Waals surface area contributed by atoms with Crippen molar-refractivity contribution in [2.24, 2.45) is 11.5 Å². The lowest BCUT2D eigenvalue weighted by Crippen LogP contribution is -2.60. The Balaban J connectivity index is 0.00000176. The van der Waals surface area contributed by atoms with Crippen LogP contribution in [0.1, 0.15) is 67.6 Å². The molecule has 2 aromatic carbocycles. The van der Waals surface area contributed by atoms with E-state index in [-0.39, 0.29) is 0 Å². The lowest BCUT2D eigenvalue weighted by Gasteiger charge is -2.28. The van der Waals surface area contributed by atoms with Crippen molar-refractivity contribution in [1.29, 1.82) is 0 Å². The fourth-order valence-electron chi connectivity index (χ4n) is 2.94. The molecule has 1 saturated carbocycles. The Hall–Kier alpha value is -3.14. The summed E-state index contributed by atoms with van der Waals surface area (Å²) in [6.07, 6.45) is 2.56. The molecule has 170 valence electrons. The highest BCUT2D eigenvalue weighted by molar-refractivity contribution is 5.97. The van der Waals surface area contributed by atoms with Crippen LogP contribution in [0.2, 0.25) is 0 Å². The maximum Gasteiger partial charge on any atom is 0.251 e. The third kappa shape index (κ3) is 7.84. The SMILES string of the molecule is CC.CC(C)(N)C(NC(=O)c1ccc(C#Cc2ccc(CNC3CC3)cc2)cc1)C(N)=O. The molecule has 1 unspecified atom stereocenters. The monoisotopic (exact) mass is 434 g/mol. The summed E-state index contributed by atoms with van der Waals surface area (Å²) in [5, 5.41) is 6.09. The average Bonchev–Trinajstić information content (AvgIpc) is 3.60. The predicted octanol–water partition coefficient (Wildman–Crippen LogP) is 2.69. The molecule has 0 bridgehead atoms. The highest BCUT2D eigenvalue weighted by Gasteiger charge is 2.31. The van der Waals surface area contributed by atoms with E-state index in [0.717, 1.165) is 17.7 Å². The van der Waals surface area contributed by atoms with Crippen molar-refractivity contribution < 1.29 is 9.59 Å². The zero-order valence-electron chi connectivity index (χ0n) is 19.4. The summed E-state index contributed by atoms with van der Waals surface area (Å²) in [6.45, 7) is 8.16. The van der Waals surface area contributed by atoms with Crippen molar-refractivity contribution in [3.63, 3.8) is 0 Å². The number of rotatable bonds is 7. The van der Waals surface area contributed by atoms with Crippen LogP contribution in [-0.4, -0.2) is 29.4 Å². The van der Waals surface area contributed by atoms with Crippen LogP contribution in [0.15, 0.2) is 48.5 Å². The van der Waals surface area contributed by atoms with E-state index in [1.165, 1.54) is 18.4 Å². The molecule has 0 saturated heterocycles. The van der Waals surface area contributed by atoms with Gasteiger partial charge >= 0.3 is 0 Å². The van der Waals surface area contributed by atoms with Gasteiger partial charge in [-0.05, 0) is 68.7 Å². The molecule has 2 aromatic rings. The van der Waals surface area contributed by atoms with Gasteiger partial charge in [0.05, 0.1) is 0 Å². The van der Waals surface area contributed by atoms with Crippen LogP contribution in [0.3, 0.4) is 0 Å². The van der Waals surface area contributed by atoms with Gasteiger partial charge in [-0.15, -0.1) is 0 Å². The van der Waals surface area contributed by atoms with Crippen LogP contribution in [-0.2, 0) is 11.3 Å². The fraction of sp³-hybridized carbons (Fsp3) is 0.385. The first-order valence-electron chi connectivity index (χ1n) is 11.1. The summed E-state index contributed by atoms with van der Waals surface area (Å²) in [6, 6.07) is 14.8. The molecule has 0 radical (unpaired) electrons. The molecule has 1 aliphatic rings. The van der Waals surface area contributed by atoms with Crippen molar-refractivity contribution in [3.05, 3.63) is 70.8 Å². The fourth-order valence-corrected chi connectivity index (χ4v) is 2.94. The molecular formula is C26H34N4O2. The number of carbonyl (C=O) groups is 2. The van der Waals surface area contributed by atoms with E-state index in [9.17, 15) is 9.59 Å². The molecule has 6 N–H and O–H groups in total. The molecule has 1 atom stereocenters. The molecule has 2 amide bonds. The van der Waals surface area contributed by atoms with Gasteiger partial charge in [-0.3, -0.25) is 9.59 Å². The number of primary amides is 1. The van der Waals surface area contributed by atoms with E-state index in [2.05, 4.69) is 34.6 Å². The first kappa shape index (κ1) is 25.1. The van der Waals surface area contributed by atoms with Crippen LogP contribution >= 0.6 is 0 Å². The molecule has 0 heterocycles. The van der Waals surface area contributed by atoms with Gasteiger partial charge in [-0.2, -0.15) is 0 Å². The second-order valence-electron chi connectivity index (χ2n) is 8.31. The van der Waals surface area contributed by atoms with Gasteiger partial charge in [0.1, 0.15) is 6.04 Å². The molecule has 1 fully saturated rings. The zero-order chi connectivity index (χ0) is 23.7. The quantitative estimate of drug-likeness (QED) is 0.502. The molecule has 0 spiro atoms. The Morgan fingerprint density at radius 1 is 1.00 bits per heavy atom. The van der Waals surface area contributed by atoms with Gasteiger partial charge in [-0.1, -0.05) is 37.8 Å². The lowest BCUT2D eigenvalue weighted by atomic mass is 9.95. The molecule has 1 aliphatic carbocycles. The van der Waals surface area contributed by atoms with E-state index in [1.807, 2.05) is 26.0 Å². The number of carbonyl (C=O) groups excluding carboxylic acids is 2. The van der Waals surface area contributed by atoms with Crippen LogP contribution in [0.4, 0.5) is 0 Å².